The summed E-state index contributed by atoms with van der Waals surface area (Å²) in [5, 5.41) is 9.20. The minimum Gasteiger partial charge on any atom is -0.481 e. The van der Waals surface area contributed by atoms with Gasteiger partial charge in [-0.25, -0.2) is 0 Å². The third-order valence-electron chi connectivity index (χ3n) is 3.57. The summed E-state index contributed by atoms with van der Waals surface area (Å²) in [6.07, 6.45) is 2.39. The number of nitrogens with zero attached hydrogens (tertiary/aromatic N) is 1. The maximum absolute atomic E-state index is 12.1. The van der Waals surface area contributed by atoms with E-state index in [9.17, 15) is 14.7 Å². The molecule has 0 heterocycles. The minimum absolute atomic E-state index is 0.0108. The fourth-order valence-electron chi connectivity index (χ4n) is 2.32. The Kier molecular flexibility index (Phi) is 4.54. The molecule has 1 aliphatic carbocycles. The fraction of sp³-hybridized carbons (Fsp3) is 0.846. The van der Waals surface area contributed by atoms with Crippen molar-refractivity contribution in [3.8, 4) is 0 Å². The molecule has 0 aromatic heterocycles. The van der Waals surface area contributed by atoms with Gasteiger partial charge < -0.3 is 10.0 Å². The van der Waals surface area contributed by atoms with Crippen LogP contribution in [0.5, 0.6) is 0 Å². The number of aliphatic carboxylic acids is 1. The van der Waals surface area contributed by atoms with Crippen molar-refractivity contribution in [2.24, 2.45) is 11.3 Å². The molecule has 1 N–H and O–H groups in total. The Hall–Kier alpha value is -1.06. The number of amides is 1. The van der Waals surface area contributed by atoms with Crippen LogP contribution in [0.2, 0.25) is 0 Å². The van der Waals surface area contributed by atoms with Gasteiger partial charge in [0.15, 0.2) is 0 Å². The van der Waals surface area contributed by atoms with E-state index in [4.69, 9.17) is 0 Å². The SMILES string of the molecule is CCN(CC(C)C)C(=O)CC1(C(=O)O)CCC1. The lowest BCUT2D eigenvalue weighted by Crippen LogP contribution is -2.44. The van der Waals surface area contributed by atoms with E-state index in [-0.39, 0.29) is 12.3 Å². The van der Waals surface area contributed by atoms with Gasteiger partial charge in [-0.3, -0.25) is 9.59 Å². The van der Waals surface area contributed by atoms with E-state index in [1.54, 1.807) is 4.90 Å². The van der Waals surface area contributed by atoms with Crippen molar-refractivity contribution < 1.29 is 14.7 Å². The van der Waals surface area contributed by atoms with E-state index < -0.39 is 11.4 Å². The number of carboxylic acid groups (broad SMARTS) is 1. The molecule has 4 heteroatoms. The van der Waals surface area contributed by atoms with Crippen LogP contribution in [0, 0.1) is 11.3 Å². The molecule has 0 aromatic rings. The monoisotopic (exact) mass is 241 g/mol. The van der Waals surface area contributed by atoms with E-state index in [1.807, 2.05) is 6.92 Å². The molecule has 4 nitrogen and oxygen atoms in total. The van der Waals surface area contributed by atoms with Crippen molar-refractivity contribution in [3.05, 3.63) is 0 Å². The molecule has 1 aliphatic rings. The summed E-state index contributed by atoms with van der Waals surface area (Å²) >= 11 is 0. The summed E-state index contributed by atoms with van der Waals surface area (Å²) in [5.41, 5.74) is -0.762. The van der Waals surface area contributed by atoms with Gasteiger partial charge >= 0.3 is 5.97 Å². The fourth-order valence-corrected chi connectivity index (χ4v) is 2.32. The van der Waals surface area contributed by atoms with Gasteiger partial charge in [0, 0.05) is 19.5 Å². The maximum atomic E-state index is 12.1. The lowest BCUT2D eigenvalue weighted by molar-refractivity contribution is -0.159. The highest BCUT2D eigenvalue weighted by Gasteiger charge is 2.46. The first-order valence-electron chi connectivity index (χ1n) is 6.42. The highest BCUT2D eigenvalue weighted by Crippen LogP contribution is 2.44. The van der Waals surface area contributed by atoms with Gasteiger partial charge in [-0.2, -0.15) is 0 Å². The topological polar surface area (TPSA) is 57.6 Å². The van der Waals surface area contributed by atoms with E-state index in [0.29, 0.717) is 31.8 Å². The second-order valence-electron chi connectivity index (χ2n) is 5.44. The molecular formula is C13H23NO3. The number of carbonyl (C=O) groups is 2. The van der Waals surface area contributed by atoms with Crippen molar-refractivity contribution in [2.45, 2.75) is 46.5 Å². The van der Waals surface area contributed by atoms with E-state index in [0.717, 1.165) is 6.42 Å². The van der Waals surface area contributed by atoms with Crippen molar-refractivity contribution >= 4 is 11.9 Å². The van der Waals surface area contributed by atoms with Crippen LogP contribution in [0.3, 0.4) is 0 Å². The van der Waals surface area contributed by atoms with Gasteiger partial charge in [-0.15, -0.1) is 0 Å². The zero-order valence-electron chi connectivity index (χ0n) is 11.0. The Morgan fingerprint density at radius 3 is 2.24 bits per heavy atom. The van der Waals surface area contributed by atoms with Gasteiger partial charge in [0.1, 0.15) is 0 Å². The van der Waals surface area contributed by atoms with Gasteiger partial charge in [0.25, 0.3) is 0 Å². The maximum Gasteiger partial charge on any atom is 0.310 e. The van der Waals surface area contributed by atoms with Crippen molar-refractivity contribution in [3.63, 3.8) is 0 Å². The van der Waals surface area contributed by atoms with Crippen molar-refractivity contribution in [1.29, 1.82) is 0 Å². The van der Waals surface area contributed by atoms with Gasteiger partial charge in [-0.05, 0) is 25.7 Å². The highest BCUT2D eigenvalue weighted by molar-refractivity contribution is 5.85. The van der Waals surface area contributed by atoms with Crippen LogP contribution in [0.15, 0.2) is 0 Å². The molecular weight excluding hydrogens is 218 g/mol. The number of carboxylic acids is 1. The van der Waals surface area contributed by atoms with Crippen LogP contribution in [0.4, 0.5) is 0 Å². The predicted octanol–water partition coefficient (Wildman–Crippen LogP) is 2.14. The van der Waals surface area contributed by atoms with Crippen molar-refractivity contribution in [2.75, 3.05) is 13.1 Å². The average Bonchev–Trinajstić information content (AvgIpc) is 2.18. The Morgan fingerprint density at radius 1 is 1.35 bits per heavy atom. The molecule has 98 valence electrons. The quantitative estimate of drug-likeness (QED) is 0.775. The summed E-state index contributed by atoms with van der Waals surface area (Å²) in [6, 6.07) is 0. The molecule has 17 heavy (non-hydrogen) atoms. The second-order valence-corrected chi connectivity index (χ2v) is 5.44. The van der Waals surface area contributed by atoms with Crippen LogP contribution in [0.1, 0.15) is 46.5 Å². The van der Waals surface area contributed by atoms with Gasteiger partial charge in [0.2, 0.25) is 5.91 Å². The Morgan fingerprint density at radius 2 is 1.94 bits per heavy atom. The van der Waals surface area contributed by atoms with Crippen molar-refractivity contribution in [1.82, 2.24) is 4.90 Å². The molecule has 0 unspecified atom stereocenters. The standard InChI is InChI=1S/C13H23NO3/c1-4-14(9-10(2)3)11(15)8-13(12(16)17)6-5-7-13/h10H,4-9H2,1-3H3,(H,16,17). The third-order valence-corrected chi connectivity index (χ3v) is 3.57. The summed E-state index contributed by atoms with van der Waals surface area (Å²) in [5.74, 6) is -0.401. The number of carbonyl (C=O) groups excluding carboxylic acids is 1. The smallest absolute Gasteiger partial charge is 0.310 e. The molecule has 1 rings (SSSR count). The van der Waals surface area contributed by atoms with Gasteiger partial charge in [0.05, 0.1) is 5.41 Å². The number of rotatable bonds is 6. The molecule has 0 aromatic carbocycles. The summed E-state index contributed by atoms with van der Waals surface area (Å²) < 4.78 is 0. The Balaban J connectivity index is 2.60. The largest absolute Gasteiger partial charge is 0.481 e. The summed E-state index contributed by atoms with van der Waals surface area (Å²) in [7, 11) is 0. The highest BCUT2D eigenvalue weighted by atomic mass is 16.4. The van der Waals surface area contributed by atoms with Crippen LogP contribution in [-0.2, 0) is 9.59 Å². The Bertz CT molecular complexity index is 295. The predicted molar refractivity (Wildman–Crippen MR) is 65.6 cm³/mol. The molecule has 0 saturated heterocycles. The first kappa shape index (κ1) is 14.0. The van der Waals surface area contributed by atoms with Crippen LogP contribution in [-0.4, -0.2) is 35.0 Å². The normalized spacial score (nSPS) is 17.6. The minimum atomic E-state index is -0.808. The lowest BCUT2D eigenvalue weighted by Gasteiger charge is -2.38. The number of hydrogen-bond donors (Lipinski definition) is 1. The third kappa shape index (κ3) is 3.20. The first-order chi connectivity index (χ1) is 7.91. The molecule has 0 spiro atoms. The Labute approximate surface area is 103 Å². The van der Waals surface area contributed by atoms with Crippen LogP contribution >= 0.6 is 0 Å². The molecule has 1 amide bonds. The van der Waals surface area contributed by atoms with Gasteiger partial charge in [-0.1, -0.05) is 20.3 Å². The van der Waals surface area contributed by atoms with E-state index in [1.165, 1.54) is 0 Å². The van der Waals surface area contributed by atoms with E-state index in [2.05, 4.69) is 13.8 Å². The van der Waals surface area contributed by atoms with E-state index >= 15 is 0 Å². The molecule has 1 fully saturated rings. The van der Waals surface area contributed by atoms with Crippen LogP contribution in [0.25, 0.3) is 0 Å². The summed E-state index contributed by atoms with van der Waals surface area (Å²) in [6.45, 7) is 7.44. The zero-order valence-corrected chi connectivity index (χ0v) is 11.0. The first-order valence-corrected chi connectivity index (χ1v) is 6.42. The molecule has 0 bridgehead atoms. The second kappa shape index (κ2) is 5.52. The summed E-state index contributed by atoms with van der Waals surface area (Å²) in [4.78, 5) is 25.1. The lowest BCUT2D eigenvalue weighted by atomic mass is 9.66. The molecule has 0 aliphatic heterocycles. The molecule has 0 atom stereocenters. The molecule has 1 saturated carbocycles. The zero-order chi connectivity index (χ0) is 13.1. The number of hydrogen-bond acceptors (Lipinski definition) is 2. The van der Waals surface area contributed by atoms with Crippen LogP contribution < -0.4 is 0 Å². The molecule has 0 radical (unpaired) electrons. The average molecular weight is 241 g/mol.